The van der Waals surface area contributed by atoms with E-state index in [-0.39, 0.29) is 5.91 Å². The Bertz CT molecular complexity index is 234. The van der Waals surface area contributed by atoms with Gasteiger partial charge < -0.3 is 9.80 Å². The molecule has 3 heteroatoms. The highest BCUT2D eigenvalue weighted by Gasteiger charge is 2.07. The first kappa shape index (κ1) is 19.4. The van der Waals surface area contributed by atoms with Crippen molar-refractivity contribution in [2.75, 3.05) is 34.2 Å². The van der Waals surface area contributed by atoms with Gasteiger partial charge in [0.05, 0.1) is 34.2 Å². The lowest BCUT2D eigenvalue weighted by Crippen LogP contribution is -2.41. The fourth-order valence-electron chi connectivity index (χ4n) is 2.22. The van der Waals surface area contributed by atoms with Gasteiger partial charge in [-0.2, -0.15) is 0 Å². The van der Waals surface area contributed by atoms with Crippen molar-refractivity contribution in [3.63, 3.8) is 0 Å². The van der Waals surface area contributed by atoms with Crippen LogP contribution in [0.3, 0.4) is 0 Å². The largest absolute Gasteiger partial charge is 0.350 e. The molecular formula is C17H37N2O+. The Morgan fingerprint density at radius 3 is 1.85 bits per heavy atom. The van der Waals surface area contributed by atoms with E-state index in [1.807, 2.05) is 0 Å². The number of rotatable bonds is 13. The molecule has 0 aliphatic rings. The van der Waals surface area contributed by atoms with Crippen molar-refractivity contribution in [1.82, 2.24) is 5.32 Å². The van der Waals surface area contributed by atoms with E-state index in [4.69, 9.17) is 0 Å². The number of amides is 1. The first-order valence-electron chi connectivity index (χ1n) is 8.53. The molecular weight excluding hydrogens is 248 g/mol. The second kappa shape index (κ2) is 12.2. The Morgan fingerprint density at radius 2 is 1.35 bits per heavy atom. The molecule has 0 bridgehead atoms. The van der Waals surface area contributed by atoms with E-state index in [0.29, 0.717) is 6.42 Å². The fourth-order valence-corrected chi connectivity index (χ4v) is 2.22. The minimum Gasteiger partial charge on any atom is -0.350 e. The van der Waals surface area contributed by atoms with E-state index in [1.54, 1.807) is 0 Å². The van der Waals surface area contributed by atoms with Crippen molar-refractivity contribution in [3.8, 4) is 0 Å². The zero-order valence-corrected chi connectivity index (χ0v) is 14.3. The molecule has 20 heavy (non-hydrogen) atoms. The lowest BCUT2D eigenvalue weighted by molar-refractivity contribution is -0.869. The predicted octanol–water partition coefficient (Wildman–Crippen LogP) is 3.73. The number of carbonyl (C=O) groups excluding carboxylic acids is 1. The van der Waals surface area contributed by atoms with Gasteiger partial charge in [-0.05, 0) is 6.42 Å². The minimum absolute atomic E-state index is 0.224. The molecule has 120 valence electrons. The van der Waals surface area contributed by atoms with Crippen molar-refractivity contribution < 1.29 is 9.28 Å². The van der Waals surface area contributed by atoms with Gasteiger partial charge in [-0.1, -0.05) is 58.3 Å². The second-order valence-corrected chi connectivity index (χ2v) is 6.94. The van der Waals surface area contributed by atoms with Gasteiger partial charge >= 0.3 is 0 Å². The molecule has 0 aliphatic heterocycles. The van der Waals surface area contributed by atoms with Crippen LogP contribution in [0.1, 0.15) is 71.1 Å². The highest BCUT2D eigenvalue weighted by molar-refractivity contribution is 5.75. The summed E-state index contributed by atoms with van der Waals surface area (Å²) in [4.78, 5) is 11.6. The fraction of sp³-hybridized carbons (Fsp3) is 0.941. The average molecular weight is 285 g/mol. The summed E-state index contributed by atoms with van der Waals surface area (Å²) >= 11 is 0. The summed E-state index contributed by atoms with van der Waals surface area (Å²) in [5.41, 5.74) is 0. The molecule has 0 heterocycles. The van der Waals surface area contributed by atoms with Crippen LogP contribution in [0.25, 0.3) is 0 Å². The summed E-state index contributed by atoms with van der Waals surface area (Å²) in [6.45, 7) is 4.04. The van der Waals surface area contributed by atoms with Crippen molar-refractivity contribution in [2.24, 2.45) is 0 Å². The maximum absolute atomic E-state index is 11.6. The zero-order chi connectivity index (χ0) is 15.3. The molecule has 0 atom stereocenters. The van der Waals surface area contributed by atoms with E-state index in [2.05, 4.69) is 33.4 Å². The molecule has 0 spiro atoms. The number of nitrogens with one attached hydrogen (secondary N) is 1. The van der Waals surface area contributed by atoms with Crippen molar-refractivity contribution in [3.05, 3.63) is 0 Å². The van der Waals surface area contributed by atoms with Crippen LogP contribution in [0, 0.1) is 0 Å². The summed E-state index contributed by atoms with van der Waals surface area (Å²) in [5.74, 6) is 0.224. The van der Waals surface area contributed by atoms with Crippen molar-refractivity contribution in [2.45, 2.75) is 71.1 Å². The average Bonchev–Trinajstić information content (AvgIpc) is 2.35. The quantitative estimate of drug-likeness (QED) is 0.405. The summed E-state index contributed by atoms with van der Waals surface area (Å²) in [7, 11) is 6.44. The van der Waals surface area contributed by atoms with E-state index in [9.17, 15) is 4.79 Å². The van der Waals surface area contributed by atoms with Crippen LogP contribution >= 0.6 is 0 Å². The van der Waals surface area contributed by atoms with E-state index in [1.165, 1.54) is 51.4 Å². The van der Waals surface area contributed by atoms with Crippen LogP contribution in [0.5, 0.6) is 0 Å². The van der Waals surface area contributed by atoms with Gasteiger partial charge in [0.15, 0.2) is 0 Å². The third kappa shape index (κ3) is 15.5. The smallest absolute Gasteiger partial charge is 0.220 e. The van der Waals surface area contributed by atoms with Gasteiger partial charge in [-0.15, -0.1) is 0 Å². The van der Waals surface area contributed by atoms with Gasteiger partial charge in [0.2, 0.25) is 5.91 Å². The van der Waals surface area contributed by atoms with Gasteiger partial charge in [0.1, 0.15) is 0 Å². The minimum atomic E-state index is 0.224. The molecule has 0 aromatic carbocycles. The molecule has 1 N–H and O–H groups in total. The Balaban J connectivity index is 3.23. The maximum Gasteiger partial charge on any atom is 0.220 e. The molecule has 1 amide bonds. The molecule has 0 saturated heterocycles. The SMILES string of the molecule is CCCCCCCCCCCC(=O)NCC[N+](C)(C)C. The number of likely N-dealkylation sites (N-methyl/N-ethyl adjacent to an activating group) is 1. The topological polar surface area (TPSA) is 29.1 Å². The van der Waals surface area contributed by atoms with Crippen LogP contribution in [0.2, 0.25) is 0 Å². The van der Waals surface area contributed by atoms with Gasteiger partial charge in [0, 0.05) is 6.42 Å². The summed E-state index contributed by atoms with van der Waals surface area (Å²) in [5, 5.41) is 3.01. The molecule has 0 radical (unpaired) electrons. The lowest BCUT2D eigenvalue weighted by Gasteiger charge is -2.23. The zero-order valence-electron chi connectivity index (χ0n) is 14.3. The normalized spacial score (nSPS) is 11.6. The number of hydrogen-bond acceptors (Lipinski definition) is 1. The first-order chi connectivity index (χ1) is 9.45. The highest BCUT2D eigenvalue weighted by Crippen LogP contribution is 2.10. The third-order valence-corrected chi connectivity index (χ3v) is 3.61. The lowest BCUT2D eigenvalue weighted by atomic mass is 10.1. The van der Waals surface area contributed by atoms with Crippen LogP contribution in [-0.2, 0) is 4.79 Å². The Labute approximate surface area is 126 Å². The predicted molar refractivity (Wildman–Crippen MR) is 87.8 cm³/mol. The van der Waals surface area contributed by atoms with E-state index >= 15 is 0 Å². The first-order valence-corrected chi connectivity index (χ1v) is 8.53. The standard InChI is InChI=1S/C17H36N2O/c1-5-6-7-8-9-10-11-12-13-14-17(20)18-15-16-19(2,3)4/h5-16H2,1-4H3/p+1. The van der Waals surface area contributed by atoms with Crippen LogP contribution in [0.4, 0.5) is 0 Å². The summed E-state index contributed by atoms with van der Waals surface area (Å²) in [6.07, 6.45) is 12.4. The van der Waals surface area contributed by atoms with Gasteiger partial charge in [0.25, 0.3) is 0 Å². The summed E-state index contributed by atoms with van der Waals surface area (Å²) < 4.78 is 0.901. The molecule has 0 aromatic heterocycles. The Hall–Kier alpha value is -0.570. The number of unbranched alkanes of at least 4 members (excludes halogenated alkanes) is 8. The molecule has 0 aromatic rings. The van der Waals surface area contributed by atoms with Crippen LogP contribution in [0.15, 0.2) is 0 Å². The third-order valence-electron chi connectivity index (χ3n) is 3.61. The second-order valence-electron chi connectivity index (χ2n) is 6.94. The van der Waals surface area contributed by atoms with E-state index < -0.39 is 0 Å². The molecule has 3 nitrogen and oxygen atoms in total. The molecule has 0 saturated carbocycles. The highest BCUT2D eigenvalue weighted by atomic mass is 16.1. The number of hydrogen-bond donors (Lipinski definition) is 1. The van der Waals surface area contributed by atoms with Crippen molar-refractivity contribution in [1.29, 1.82) is 0 Å². The van der Waals surface area contributed by atoms with Gasteiger partial charge in [-0.25, -0.2) is 0 Å². The Morgan fingerprint density at radius 1 is 0.850 bits per heavy atom. The van der Waals surface area contributed by atoms with Crippen molar-refractivity contribution >= 4 is 5.91 Å². The molecule has 0 rings (SSSR count). The number of quaternary nitrogens is 1. The summed E-state index contributed by atoms with van der Waals surface area (Å²) in [6, 6.07) is 0. The number of nitrogens with zero attached hydrogens (tertiary/aromatic N) is 1. The van der Waals surface area contributed by atoms with E-state index in [0.717, 1.165) is 24.0 Å². The molecule has 0 fully saturated rings. The molecule has 0 unspecified atom stereocenters. The van der Waals surface area contributed by atoms with Crippen LogP contribution in [-0.4, -0.2) is 44.6 Å². The van der Waals surface area contributed by atoms with Crippen LogP contribution < -0.4 is 5.32 Å². The maximum atomic E-state index is 11.6. The number of carbonyl (C=O) groups is 1. The van der Waals surface area contributed by atoms with Gasteiger partial charge in [-0.3, -0.25) is 4.79 Å². The molecule has 0 aliphatic carbocycles. The Kier molecular flexibility index (Phi) is 11.8. The monoisotopic (exact) mass is 285 g/mol.